The second-order valence-electron chi connectivity index (χ2n) is 9.95. The van der Waals surface area contributed by atoms with Crippen molar-refractivity contribution in [2.75, 3.05) is 11.1 Å². The second-order valence-corrected chi connectivity index (χ2v) is 12.2. The SMILES string of the molecule is CC(=O)OC(C)C(=O)Nc1cccc(C2OC(CSc3nc4ccccc4s3)C(C)C(c3ccc(CO)cc3)O2)c1. The number of rotatable bonds is 9. The highest BCUT2D eigenvalue weighted by Crippen LogP contribution is 2.43. The molecule has 5 rings (SSSR count). The van der Waals surface area contributed by atoms with E-state index < -0.39 is 24.3 Å². The first-order valence-electron chi connectivity index (χ1n) is 13.4. The molecule has 1 saturated heterocycles. The number of benzene rings is 3. The minimum absolute atomic E-state index is 0.0247. The van der Waals surface area contributed by atoms with Gasteiger partial charge in [-0.1, -0.05) is 67.2 Å². The lowest BCUT2D eigenvalue weighted by molar-refractivity contribution is -0.268. The third kappa shape index (κ3) is 7.14. The summed E-state index contributed by atoms with van der Waals surface area (Å²) >= 11 is 3.34. The first kappa shape index (κ1) is 29.2. The number of amides is 1. The summed E-state index contributed by atoms with van der Waals surface area (Å²) in [5.41, 5.74) is 4.11. The predicted octanol–water partition coefficient (Wildman–Crippen LogP) is 6.26. The van der Waals surface area contributed by atoms with Crippen molar-refractivity contribution < 1.29 is 28.9 Å². The van der Waals surface area contributed by atoms with Crippen LogP contribution < -0.4 is 5.32 Å². The van der Waals surface area contributed by atoms with E-state index in [0.29, 0.717) is 11.4 Å². The molecule has 0 bridgehead atoms. The Hall–Kier alpha value is -3.28. The third-order valence-corrected chi connectivity index (χ3v) is 9.18. The molecule has 0 spiro atoms. The number of thioether (sulfide) groups is 1. The monoisotopic (exact) mass is 592 g/mol. The zero-order valence-electron chi connectivity index (χ0n) is 23.0. The van der Waals surface area contributed by atoms with Crippen LogP contribution in [0, 0.1) is 5.92 Å². The van der Waals surface area contributed by atoms with Gasteiger partial charge in [-0.3, -0.25) is 9.59 Å². The van der Waals surface area contributed by atoms with Crippen LogP contribution in [0.4, 0.5) is 5.69 Å². The molecule has 0 aliphatic carbocycles. The number of anilines is 1. The van der Waals surface area contributed by atoms with Crippen LogP contribution in [0.1, 0.15) is 49.9 Å². The molecule has 1 aliphatic rings. The van der Waals surface area contributed by atoms with E-state index in [0.717, 1.165) is 31.2 Å². The number of nitrogens with zero attached hydrogens (tertiary/aromatic N) is 1. The highest BCUT2D eigenvalue weighted by Gasteiger charge is 2.38. The highest BCUT2D eigenvalue weighted by molar-refractivity contribution is 8.01. The number of hydrogen-bond donors (Lipinski definition) is 2. The number of carbonyl (C=O) groups is 2. The zero-order chi connectivity index (χ0) is 28.9. The molecule has 5 unspecified atom stereocenters. The van der Waals surface area contributed by atoms with Gasteiger partial charge in [0.15, 0.2) is 16.7 Å². The summed E-state index contributed by atoms with van der Waals surface area (Å²) in [4.78, 5) is 28.5. The Balaban J connectivity index is 1.37. The molecule has 1 amide bonds. The molecule has 3 aromatic carbocycles. The van der Waals surface area contributed by atoms with Gasteiger partial charge in [0, 0.05) is 29.8 Å². The van der Waals surface area contributed by atoms with Crippen molar-refractivity contribution >= 4 is 50.9 Å². The van der Waals surface area contributed by atoms with Gasteiger partial charge in [0.25, 0.3) is 5.91 Å². The number of aliphatic hydroxyl groups is 1. The Morgan fingerprint density at radius 1 is 1.07 bits per heavy atom. The highest BCUT2D eigenvalue weighted by atomic mass is 32.2. The van der Waals surface area contributed by atoms with Crippen LogP contribution in [-0.2, 0) is 30.4 Å². The van der Waals surface area contributed by atoms with Gasteiger partial charge in [-0.05, 0) is 42.3 Å². The van der Waals surface area contributed by atoms with Crippen molar-refractivity contribution in [2.24, 2.45) is 5.92 Å². The number of fused-ring (bicyclic) bond motifs is 1. The Kier molecular flexibility index (Phi) is 9.36. The molecule has 41 heavy (non-hydrogen) atoms. The van der Waals surface area contributed by atoms with E-state index in [1.165, 1.54) is 13.8 Å². The third-order valence-electron chi connectivity index (χ3n) is 6.91. The minimum Gasteiger partial charge on any atom is -0.453 e. The van der Waals surface area contributed by atoms with Crippen molar-refractivity contribution in [3.05, 3.63) is 89.5 Å². The smallest absolute Gasteiger partial charge is 0.303 e. The number of para-hydroxylation sites is 1. The molecule has 0 saturated carbocycles. The Morgan fingerprint density at radius 2 is 1.85 bits per heavy atom. The first-order valence-corrected chi connectivity index (χ1v) is 15.2. The summed E-state index contributed by atoms with van der Waals surface area (Å²) in [6.07, 6.45) is -2.02. The van der Waals surface area contributed by atoms with Gasteiger partial charge >= 0.3 is 5.97 Å². The number of aliphatic hydroxyl groups excluding tert-OH is 1. The lowest BCUT2D eigenvalue weighted by Crippen LogP contribution is -2.38. The summed E-state index contributed by atoms with van der Waals surface area (Å²) in [6.45, 7) is 4.89. The lowest BCUT2D eigenvalue weighted by atomic mass is 9.91. The fourth-order valence-electron chi connectivity index (χ4n) is 4.69. The van der Waals surface area contributed by atoms with Crippen molar-refractivity contribution in [1.82, 2.24) is 4.98 Å². The maximum atomic E-state index is 12.5. The van der Waals surface area contributed by atoms with Crippen LogP contribution in [0.25, 0.3) is 10.2 Å². The summed E-state index contributed by atoms with van der Waals surface area (Å²) in [5, 5.41) is 12.3. The molecule has 5 atom stereocenters. The molecular formula is C31H32N2O6S2. The van der Waals surface area contributed by atoms with Crippen molar-refractivity contribution in [1.29, 1.82) is 0 Å². The maximum Gasteiger partial charge on any atom is 0.303 e. The van der Waals surface area contributed by atoms with Gasteiger partial charge in [-0.25, -0.2) is 4.98 Å². The molecule has 8 nitrogen and oxygen atoms in total. The second kappa shape index (κ2) is 13.1. The van der Waals surface area contributed by atoms with E-state index >= 15 is 0 Å². The van der Waals surface area contributed by atoms with Crippen LogP contribution in [0.5, 0.6) is 0 Å². The Bertz CT molecular complexity index is 1480. The Morgan fingerprint density at radius 3 is 2.59 bits per heavy atom. The average molecular weight is 593 g/mol. The molecule has 1 aromatic heterocycles. The quantitative estimate of drug-likeness (QED) is 0.173. The van der Waals surface area contributed by atoms with Gasteiger partial charge in [0.1, 0.15) is 0 Å². The molecular weight excluding hydrogens is 560 g/mol. The summed E-state index contributed by atoms with van der Waals surface area (Å²) in [5.74, 6) is -0.237. The van der Waals surface area contributed by atoms with E-state index in [2.05, 4.69) is 18.3 Å². The van der Waals surface area contributed by atoms with E-state index in [1.54, 1.807) is 29.2 Å². The topological polar surface area (TPSA) is 107 Å². The van der Waals surface area contributed by atoms with Gasteiger partial charge in [-0.2, -0.15) is 0 Å². The maximum absolute atomic E-state index is 12.5. The molecule has 0 radical (unpaired) electrons. The zero-order valence-corrected chi connectivity index (χ0v) is 24.6. The molecule has 214 valence electrons. The van der Waals surface area contributed by atoms with Crippen LogP contribution in [0.15, 0.2) is 77.1 Å². The van der Waals surface area contributed by atoms with Gasteiger partial charge < -0.3 is 24.6 Å². The van der Waals surface area contributed by atoms with Crippen LogP contribution in [-0.4, -0.2) is 39.9 Å². The number of esters is 1. The first-order chi connectivity index (χ1) is 19.8. The van der Waals surface area contributed by atoms with Gasteiger partial charge in [-0.15, -0.1) is 11.3 Å². The summed E-state index contributed by atoms with van der Waals surface area (Å²) in [7, 11) is 0. The number of thiazole rings is 1. The van der Waals surface area contributed by atoms with Crippen molar-refractivity contribution in [2.45, 2.75) is 56.3 Å². The van der Waals surface area contributed by atoms with E-state index in [4.69, 9.17) is 19.2 Å². The van der Waals surface area contributed by atoms with Crippen LogP contribution >= 0.6 is 23.1 Å². The standard InChI is InChI=1S/C31H32N2O6S2/c1-18-26(17-40-31-33-25-9-4-5-10-27(25)41-31)38-30(39-28(18)22-13-11-21(16-34)12-14-22)23-7-6-8-24(15-23)32-29(36)19(2)37-20(3)35/h4-15,18-19,26,28,30,34H,16-17H2,1-3H3,(H,32,36). The fourth-order valence-corrected chi connectivity index (χ4v) is 6.94. The summed E-state index contributed by atoms with van der Waals surface area (Å²) in [6, 6.07) is 23.2. The minimum atomic E-state index is -0.922. The number of aromatic nitrogens is 1. The van der Waals surface area contributed by atoms with Crippen molar-refractivity contribution in [3.63, 3.8) is 0 Å². The van der Waals surface area contributed by atoms with Crippen molar-refractivity contribution in [3.8, 4) is 0 Å². The molecule has 2 N–H and O–H groups in total. The summed E-state index contributed by atoms with van der Waals surface area (Å²) < 4.78 is 20.2. The van der Waals surface area contributed by atoms with Crippen LogP contribution in [0.2, 0.25) is 0 Å². The molecule has 10 heteroatoms. The fraction of sp³-hybridized carbons (Fsp3) is 0.323. The van der Waals surface area contributed by atoms with Gasteiger partial charge in [0.2, 0.25) is 0 Å². The molecule has 2 heterocycles. The number of carbonyl (C=O) groups excluding carboxylic acids is 2. The normalized spacial score (nSPS) is 21.4. The van der Waals surface area contributed by atoms with E-state index in [1.807, 2.05) is 60.7 Å². The van der Waals surface area contributed by atoms with E-state index in [-0.39, 0.29) is 24.7 Å². The molecule has 4 aromatic rings. The van der Waals surface area contributed by atoms with E-state index in [9.17, 15) is 14.7 Å². The number of hydrogen-bond acceptors (Lipinski definition) is 9. The number of ether oxygens (including phenoxy) is 3. The molecule has 1 fully saturated rings. The number of nitrogens with one attached hydrogen (secondary N) is 1. The largest absolute Gasteiger partial charge is 0.453 e. The lowest BCUT2D eigenvalue weighted by Gasteiger charge is -2.41. The Labute approximate surface area is 247 Å². The van der Waals surface area contributed by atoms with Crippen LogP contribution in [0.3, 0.4) is 0 Å². The van der Waals surface area contributed by atoms with Gasteiger partial charge in [0.05, 0.1) is 29.0 Å². The average Bonchev–Trinajstić information content (AvgIpc) is 3.39. The molecule has 1 aliphatic heterocycles. The predicted molar refractivity (Wildman–Crippen MR) is 160 cm³/mol.